The summed E-state index contributed by atoms with van der Waals surface area (Å²) in [5.41, 5.74) is -2.00. The molecule has 0 bridgehead atoms. The van der Waals surface area contributed by atoms with Crippen molar-refractivity contribution >= 4 is 11.9 Å². The summed E-state index contributed by atoms with van der Waals surface area (Å²) in [6, 6.07) is 4.29. The molecule has 7 heteroatoms. The molecule has 0 unspecified atom stereocenters. The number of carbonyl (C=O) groups is 2. The Labute approximate surface area is 119 Å². The summed E-state index contributed by atoms with van der Waals surface area (Å²) in [7, 11) is 0. The first-order valence-electron chi connectivity index (χ1n) is 6.11. The number of hydrogen-bond donors (Lipinski definition) is 2. The zero-order chi connectivity index (χ0) is 16.0. The van der Waals surface area contributed by atoms with Gasteiger partial charge in [-0.25, -0.2) is 8.78 Å². The van der Waals surface area contributed by atoms with Gasteiger partial charge in [0.25, 0.3) is 0 Å². The minimum Gasteiger partial charge on any atom is -0.481 e. The van der Waals surface area contributed by atoms with Gasteiger partial charge in [0.2, 0.25) is 0 Å². The number of aliphatic carboxylic acids is 2. The Balaban J connectivity index is 3.26. The molecule has 0 radical (unpaired) electrons. The van der Waals surface area contributed by atoms with Crippen LogP contribution in [0.4, 0.5) is 8.78 Å². The maximum Gasteiger partial charge on any atom is 0.303 e. The summed E-state index contributed by atoms with van der Waals surface area (Å²) in [5.74, 6) is -4.06. The fraction of sp³-hybridized carbons (Fsp3) is 0.357. The summed E-state index contributed by atoms with van der Waals surface area (Å²) in [6.07, 6.45) is -1.51. The first kappa shape index (κ1) is 16.6. The smallest absolute Gasteiger partial charge is 0.303 e. The van der Waals surface area contributed by atoms with E-state index in [2.05, 4.69) is 0 Å². The molecule has 0 saturated carbocycles. The van der Waals surface area contributed by atoms with Crippen LogP contribution < -0.4 is 0 Å². The molecule has 0 fully saturated rings. The first-order chi connectivity index (χ1) is 9.80. The zero-order valence-electron chi connectivity index (χ0n) is 11.0. The summed E-state index contributed by atoms with van der Waals surface area (Å²) >= 11 is 0. The zero-order valence-corrected chi connectivity index (χ0v) is 11.0. The summed E-state index contributed by atoms with van der Waals surface area (Å²) < 4.78 is 27.2. The largest absolute Gasteiger partial charge is 0.481 e. The Morgan fingerprint density at radius 1 is 1.14 bits per heavy atom. The Morgan fingerprint density at radius 2 is 1.67 bits per heavy atom. The maximum atomic E-state index is 13.9. The van der Waals surface area contributed by atoms with Crippen molar-refractivity contribution in [3.8, 4) is 6.07 Å². The molecule has 0 heterocycles. The first-order valence-corrected chi connectivity index (χ1v) is 6.11. The lowest BCUT2D eigenvalue weighted by Gasteiger charge is -2.26. The topological polar surface area (TPSA) is 98.4 Å². The van der Waals surface area contributed by atoms with E-state index >= 15 is 0 Å². The van der Waals surface area contributed by atoms with E-state index in [4.69, 9.17) is 10.2 Å². The van der Waals surface area contributed by atoms with Gasteiger partial charge in [0.05, 0.1) is 11.5 Å². The van der Waals surface area contributed by atoms with E-state index in [0.717, 1.165) is 18.2 Å². The minimum absolute atomic E-state index is 0.299. The molecule has 0 aliphatic rings. The second-order valence-corrected chi connectivity index (χ2v) is 4.61. The SMILES string of the molecule is N#CC(CCC(=O)O)(CCC(=O)O)c1cc(F)ccc1F. The number of nitrogens with zero attached hydrogens (tertiary/aromatic N) is 1. The fourth-order valence-electron chi connectivity index (χ4n) is 2.07. The molecule has 0 aromatic heterocycles. The highest BCUT2D eigenvalue weighted by Crippen LogP contribution is 2.36. The average molecular weight is 297 g/mol. The van der Waals surface area contributed by atoms with Gasteiger partial charge in [0.1, 0.15) is 11.6 Å². The highest BCUT2D eigenvalue weighted by Gasteiger charge is 2.36. The molecule has 5 nitrogen and oxygen atoms in total. The molecule has 0 aliphatic carbocycles. The van der Waals surface area contributed by atoms with Crippen molar-refractivity contribution in [3.05, 3.63) is 35.4 Å². The van der Waals surface area contributed by atoms with Gasteiger partial charge in [-0.05, 0) is 31.0 Å². The summed E-state index contributed by atoms with van der Waals surface area (Å²) in [4.78, 5) is 21.4. The van der Waals surface area contributed by atoms with Crippen molar-refractivity contribution in [1.29, 1.82) is 5.26 Å². The molecule has 0 saturated heterocycles. The van der Waals surface area contributed by atoms with Gasteiger partial charge in [-0.15, -0.1) is 0 Å². The lowest BCUT2D eigenvalue weighted by atomic mass is 9.74. The Bertz CT molecular complexity index is 577. The highest BCUT2D eigenvalue weighted by molar-refractivity contribution is 5.68. The molecule has 2 N–H and O–H groups in total. The number of nitriles is 1. The van der Waals surface area contributed by atoms with Crippen molar-refractivity contribution in [2.75, 3.05) is 0 Å². The van der Waals surface area contributed by atoms with Crippen LogP contribution in [0.3, 0.4) is 0 Å². The predicted molar refractivity (Wildman–Crippen MR) is 67.4 cm³/mol. The second-order valence-electron chi connectivity index (χ2n) is 4.61. The van der Waals surface area contributed by atoms with Crippen LogP contribution in [0.5, 0.6) is 0 Å². The van der Waals surface area contributed by atoms with Crippen LogP contribution in [-0.2, 0) is 15.0 Å². The van der Waals surface area contributed by atoms with Crippen LogP contribution in [0, 0.1) is 23.0 Å². The van der Waals surface area contributed by atoms with Crippen molar-refractivity contribution in [2.45, 2.75) is 31.1 Å². The van der Waals surface area contributed by atoms with Gasteiger partial charge < -0.3 is 10.2 Å². The van der Waals surface area contributed by atoms with Gasteiger partial charge in [-0.3, -0.25) is 9.59 Å². The summed E-state index contributed by atoms with van der Waals surface area (Å²) in [5, 5.41) is 26.8. The highest BCUT2D eigenvalue weighted by atomic mass is 19.1. The van der Waals surface area contributed by atoms with Crippen LogP contribution in [0.2, 0.25) is 0 Å². The molecule has 1 rings (SSSR count). The molecule has 21 heavy (non-hydrogen) atoms. The Hall–Kier alpha value is -2.49. The van der Waals surface area contributed by atoms with Gasteiger partial charge in [-0.2, -0.15) is 5.26 Å². The maximum absolute atomic E-state index is 13.9. The molecule has 0 aliphatic heterocycles. The third-order valence-corrected chi connectivity index (χ3v) is 3.19. The number of carboxylic acid groups (broad SMARTS) is 2. The number of benzene rings is 1. The van der Waals surface area contributed by atoms with Crippen LogP contribution in [0.25, 0.3) is 0 Å². The van der Waals surface area contributed by atoms with Crippen LogP contribution in [-0.4, -0.2) is 22.2 Å². The van der Waals surface area contributed by atoms with E-state index in [9.17, 15) is 23.6 Å². The molecule has 112 valence electrons. The molecule has 0 spiro atoms. The predicted octanol–water partition coefficient (Wildman–Crippen LogP) is 2.46. The monoisotopic (exact) mass is 297 g/mol. The van der Waals surface area contributed by atoms with Crippen LogP contribution in [0.15, 0.2) is 18.2 Å². The van der Waals surface area contributed by atoms with Gasteiger partial charge in [0.15, 0.2) is 0 Å². The van der Waals surface area contributed by atoms with Crippen molar-refractivity contribution in [2.24, 2.45) is 0 Å². The van der Waals surface area contributed by atoms with E-state index in [1.54, 1.807) is 6.07 Å². The fourth-order valence-corrected chi connectivity index (χ4v) is 2.07. The Kier molecular flexibility index (Phi) is 5.36. The third kappa shape index (κ3) is 4.24. The molecule has 1 aromatic rings. The summed E-state index contributed by atoms with van der Waals surface area (Å²) in [6.45, 7) is 0. The minimum atomic E-state index is -1.69. The number of rotatable bonds is 7. The van der Waals surface area contributed by atoms with Gasteiger partial charge in [0, 0.05) is 18.4 Å². The number of halogens is 2. The van der Waals surface area contributed by atoms with Gasteiger partial charge in [-0.1, -0.05) is 0 Å². The molecule has 0 atom stereocenters. The van der Waals surface area contributed by atoms with Crippen LogP contribution in [0.1, 0.15) is 31.2 Å². The second kappa shape index (κ2) is 6.79. The van der Waals surface area contributed by atoms with Crippen molar-refractivity contribution in [1.82, 2.24) is 0 Å². The molecular formula is C14H13F2NO4. The number of carboxylic acids is 2. The quantitative estimate of drug-likeness (QED) is 0.805. The molecule has 0 amide bonds. The standard InChI is InChI=1S/C14H13F2NO4/c15-9-1-2-11(16)10(7-9)14(8-17,5-3-12(18)19)6-4-13(20)21/h1-2,7H,3-6H2,(H,18,19)(H,20,21). The van der Waals surface area contributed by atoms with E-state index in [1.165, 1.54) is 0 Å². The van der Waals surface area contributed by atoms with E-state index in [-0.39, 0.29) is 18.4 Å². The van der Waals surface area contributed by atoms with Gasteiger partial charge >= 0.3 is 11.9 Å². The lowest BCUT2D eigenvalue weighted by molar-refractivity contribution is -0.137. The molecular weight excluding hydrogens is 284 g/mol. The number of hydrogen-bond acceptors (Lipinski definition) is 3. The van der Waals surface area contributed by atoms with E-state index < -0.39 is 41.8 Å². The van der Waals surface area contributed by atoms with E-state index in [0.29, 0.717) is 0 Å². The average Bonchev–Trinajstić information content (AvgIpc) is 2.42. The Morgan fingerprint density at radius 3 is 2.10 bits per heavy atom. The van der Waals surface area contributed by atoms with Crippen molar-refractivity contribution in [3.63, 3.8) is 0 Å². The van der Waals surface area contributed by atoms with E-state index in [1.807, 2.05) is 0 Å². The third-order valence-electron chi connectivity index (χ3n) is 3.19. The van der Waals surface area contributed by atoms with Crippen molar-refractivity contribution < 1.29 is 28.6 Å². The lowest BCUT2D eigenvalue weighted by Crippen LogP contribution is -2.28. The molecule has 1 aromatic carbocycles. The normalized spacial score (nSPS) is 10.9. The van der Waals surface area contributed by atoms with Crippen LogP contribution >= 0.6 is 0 Å².